The van der Waals surface area contributed by atoms with Gasteiger partial charge in [-0.1, -0.05) is 104 Å². The van der Waals surface area contributed by atoms with Gasteiger partial charge in [0, 0.05) is 63.1 Å². The van der Waals surface area contributed by atoms with E-state index in [9.17, 15) is 23.9 Å². The van der Waals surface area contributed by atoms with Crippen LogP contribution in [-0.4, -0.2) is 193 Å². The predicted molar refractivity (Wildman–Crippen MR) is 354 cm³/mol. The number of aromatic nitrogens is 6. The van der Waals surface area contributed by atoms with Crippen LogP contribution in [0.25, 0.3) is 66.9 Å². The number of methoxy groups -OCH3 is 2. The van der Waals surface area contributed by atoms with Gasteiger partial charge in [-0.15, -0.1) is 0 Å². The maximum absolute atomic E-state index is 11.9. The minimum atomic E-state index is -1.00. The van der Waals surface area contributed by atoms with Crippen LogP contribution in [0.2, 0.25) is 0 Å². The van der Waals surface area contributed by atoms with E-state index >= 15 is 0 Å². The second-order valence-electron chi connectivity index (χ2n) is 21.2. The molecule has 6 aromatic carbocycles. The number of carboxylic acids is 1. The topological polar surface area (TPSA) is 234 Å². The standard InChI is InChI=1S/C22H24N4O2.C21H22N4O2.C16H11BrN2O2.C7H15N.CH3F.CH4O.Na.H2O/c1-25-11-6-12-26(14-13-25)21-20(16-7-4-3-5-8-16)23-18-10-9-17(22(27)28-2)15-19(18)24-21;1-24-10-5-11-25(13-12-24)20-19(15-6-3-2-4-7-15)22-17-9-8-16(21(26)27)14-18(17)23-20;1-21-16(20)11-7-8-12-13(9-11)19-15(17)14(18-12)10-5-3-2-4-6-10;1-8-6-4-2-3-5-7-8;2*1-2;;/h3-5,7-10,15H,6,11-14H2,1-2H3;2-4,6-9,14H,5,10-13H2,1H3,(H,26,27);2-9H,1H3;2-7H2,1H3;1H3;2H,1H3;;1H2/q;;;;;;+1;/p-1/i;;;;1D;;;. The Hall–Kier alpha value is -7.44. The molecule has 0 aliphatic carbocycles. The summed E-state index contributed by atoms with van der Waals surface area (Å²) in [5.41, 5.74) is 10.9. The van der Waals surface area contributed by atoms with Crippen LogP contribution in [0, 0.1) is 0 Å². The van der Waals surface area contributed by atoms with Crippen molar-refractivity contribution in [2.24, 2.45) is 0 Å². The number of rotatable bonds is 8. The molecule has 3 aliphatic rings. The molecule has 90 heavy (non-hydrogen) atoms. The first-order valence-electron chi connectivity index (χ1n) is 30.0. The third-order valence-electron chi connectivity index (χ3n) is 15.0. The maximum atomic E-state index is 11.9. The molecule has 0 atom stereocenters. The van der Waals surface area contributed by atoms with Crippen molar-refractivity contribution < 1.29 is 74.9 Å². The number of carboxylic acid groups (broad SMARTS) is 1. The fourth-order valence-electron chi connectivity index (χ4n) is 10.3. The third kappa shape index (κ3) is 20.3. The van der Waals surface area contributed by atoms with E-state index in [4.69, 9.17) is 35.9 Å². The van der Waals surface area contributed by atoms with Gasteiger partial charge in [-0.2, -0.15) is 0 Å². The fourth-order valence-corrected chi connectivity index (χ4v) is 10.8. The summed E-state index contributed by atoms with van der Waals surface area (Å²) in [6.07, 6.45) is 7.86. The van der Waals surface area contributed by atoms with Gasteiger partial charge in [0.25, 0.3) is 0 Å². The zero-order valence-electron chi connectivity index (χ0n) is 53.4. The van der Waals surface area contributed by atoms with Crippen LogP contribution in [0.3, 0.4) is 0 Å². The summed E-state index contributed by atoms with van der Waals surface area (Å²) >= 11 is 3.44. The summed E-state index contributed by atoms with van der Waals surface area (Å²) in [6, 6.07) is 45.4. The van der Waals surface area contributed by atoms with Gasteiger partial charge >= 0.3 is 47.5 Å². The number of nitrogens with zero attached hydrogens (tertiary/aromatic N) is 11. The molecule has 0 radical (unpaired) electrons. The van der Waals surface area contributed by atoms with Crippen molar-refractivity contribution in [2.45, 2.75) is 38.5 Å². The molecule has 470 valence electrons. The van der Waals surface area contributed by atoms with Gasteiger partial charge in [-0.25, -0.2) is 44.3 Å². The van der Waals surface area contributed by atoms with Gasteiger partial charge in [0.1, 0.15) is 21.7 Å². The summed E-state index contributed by atoms with van der Waals surface area (Å²) in [5, 5.41) is 16.3. The fraction of sp³-hybridized carbons (Fsp3) is 0.338. The van der Waals surface area contributed by atoms with Crippen LogP contribution in [0.1, 0.15) is 71.0 Å². The van der Waals surface area contributed by atoms with Crippen molar-refractivity contribution in [3.8, 4) is 33.8 Å². The number of likely N-dealkylation sites (tertiary alicyclic amines) is 1. The molecule has 3 N–H and O–H groups in total. The van der Waals surface area contributed by atoms with Crippen LogP contribution >= 0.6 is 15.9 Å². The van der Waals surface area contributed by atoms with Gasteiger partial charge in [0.15, 0.2) is 11.6 Å². The summed E-state index contributed by atoms with van der Waals surface area (Å²) < 4.78 is 25.7. The number of anilines is 2. The van der Waals surface area contributed by atoms with Crippen molar-refractivity contribution in [3.63, 3.8) is 0 Å². The summed E-state index contributed by atoms with van der Waals surface area (Å²) in [6.45, 7) is 10.3. The number of aliphatic hydroxyl groups is 1. The first-order valence-corrected chi connectivity index (χ1v) is 30.1. The molecule has 0 spiro atoms. The molecule has 3 saturated heterocycles. The van der Waals surface area contributed by atoms with Crippen molar-refractivity contribution in [3.05, 3.63) is 167 Å². The molecule has 19 nitrogen and oxygen atoms in total. The molecule has 0 unspecified atom stereocenters. The van der Waals surface area contributed by atoms with E-state index in [-0.39, 0.29) is 52.5 Å². The smallest absolute Gasteiger partial charge is 0.870 e. The number of likely N-dealkylation sites (N-methyl/N-ethyl adjacent to an activating group) is 2. The van der Waals surface area contributed by atoms with Gasteiger partial charge in [-0.05, 0) is 144 Å². The molecular weight excluding hydrogens is 1220 g/mol. The normalized spacial score (nSPS) is 14.5. The van der Waals surface area contributed by atoms with Gasteiger partial charge in [0.05, 0.1) is 72.5 Å². The average Bonchev–Trinajstić information content (AvgIpc) is 1.27. The van der Waals surface area contributed by atoms with E-state index in [0.717, 1.165) is 129 Å². The quantitative estimate of drug-likeness (QED) is 0.107. The molecular formula is C68H80BrFN11NaO8. The Morgan fingerprint density at radius 1 is 0.456 bits per heavy atom. The molecule has 3 aromatic heterocycles. The van der Waals surface area contributed by atoms with E-state index in [2.05, 4.69) is 83.7 Å². The number of aromatic carboxylic acids is 1. The van der Waals surface area contributed by atoms with E-state index in [1.165, 1.54) is 53.0 Å². The van der Waals surface area contributed by atoms with Gasteiger partial charge in [0.2, 0.25) is 0 Å². The Balaban J connectivity index is 0.000000225. The Kier molecular flexibility index (Phi) is 30.0. The molecule has 0 saturated carbocycles. The SMILES string of the molecule is CN1CCCCCC1.CN1CCCN(c2nc3cc(C(=O)O)ccc3nc2-c2ccccc2)CC1.CO.COC(=O)c1ccc2nc(-c3ccccc3)c(Br)nc2c1.COC(=O)c1ccc2nc(-c3ccccc3)c(N3CCCN(C)CC3)nc2c1.[2H]CF.[Na+].[OH-]. The number of alkyl halides is 1. The third-order valence-corrected chi connectivity index (χ3v) is 15.6. The molecule has 0 amide bonds. The number of aliphatic hydroxyl groups excluding tert-OH is 1. The van der Waals surface area contributed by atoms with E-state index in [0.29, 0.717) is 37.8 Å². The minimum absolute atomic E-state index is 0. The second-order valence-corrected chi connectivity index (χ2v) is 21.9. The van der Waals surface area contributed by atoms with E-state index in [1.54, 1.807) is 48.5 Å². The minimum Gasteiger partial charge on any atom is -0.870 e. The van der Waals surface area contributed by atoms with Crippen LogP contribution in [0.15, 0.2) is 150 Å². The van der Waals surface area contributed by atoms with Gasteiger partial charge in [-0.3, -0.25) is 4.39 Å². The molecule has 22 heteroatoms. The first kappa shape index (κ1) is 71.6. The van der Waals surface area contributed by atoms with Crippen molar-refractivity contribution in [1.82, 2.24) is 44.6 Å². The van der Waals surface area contributed by atoms with Gasteiger partial charge < -0.3 is 49.7 Å². The summed E-state index contributed by atoms with van der Waals surface area (Å²) in [5.74, 6) is -0.0120. The number of fused-ring (bicyclic) bond motifs is 3. The monoisotopic (exact) mass is 1300 g/mol. The van der Waals surface area contributed by atoms with Crippen molar-refractivity contribution >= 4 is 78.6 Å². The summed E-state index contributed by atoms with van der Waals surface area (Å²) in [7, 11) is 9.23. The maximum Gasteiger partial charge on any atom is 1.00 e. The molecule has 6 heterocycles. The zero-order chi connectivity index (χ0) is 63.7. The molecule has 3 aliphatic heterocycles. The second kappa shape index (κ2) is 37.7. The molecule has 9 aromatic rings. The number of hydrogen-bond acceptors (Lipinski definition) is 18. The Bertz CT molecular complexity index is 3740. The number of carbonyl (C=O) groups excluding carboxylic acids is 2. The van der Waals surface area contributed by atoms with Crippen molar-refractivity contribution in [1.29, 1.82) is 0 Å². The van der Waals surface area contributed by atoms with Crippen LogP contribution < -0.4 is 39.4 Å². The number of hydrogen-bond donors (Lipinski definition) is 2. The van der Waals surface area contributed by atoms with Crippen molar-refractivity contribution in [2.75, 3.05) is 125 Å². The van der Waals surface area contributed by atoms with Crippen LogP contribution in [0.5, 0.6) is 0 Å². The van der Waals surface area contributed by atoms with Crippen LogP contribution in [-0.2, 0) is 9.47 Å². The number of ether oxygens (including phenoxy) is 2. The number of benzene rings is 6. The van der Waals surface area contributed by atoms with E-state index < -0.39 is 13.1 Å². The average molecular weight is 1300 g/mol. The number of halogens is 2. The Labute approximate surface area is 558 Å². The molecule has 12 rings (SSSR count). The number of esters is 2. The van der Waals surface area contributed by atoms with E-state index in [1.807, 2.05) is 84.9 Å². The predicted octanol–water partition coefficient (Wildman–Crippen LogP) is 8.72. The van der Waals surface area contributed by atoms with Crippen LogP contribution in [0.4, 0.5) is 16.0 Å². The molecule has 3 fully saturated rings. The molecule has 0 bridgehead atoms. The first-order chi connectivity index (χ1) is 43.3. The largest absolute Gasteiger partial charge is 1.00 e. The summed E-state index contributed by atoms with van der Waals surface area (Å²) in [4.78, 5) is 75.2. The zero-order valence-corrected chi connectivity index (χ0v) is 56.0. The Morgan fingerprint density at radius 3 is 1.18 bits per heavy atom. The Morgan fingerprint density at radius 2 is 0.789 bits per heavy atom. The number of carbonyl (C=O) groups is 3.